The summed E-state index contributed by atoms with van der Waals surface area (Å²) in [6, 6.07) is 51.5. The van der Waals surface area contributed by atoms with E-state index in [1.165, 1.54) is 119 Å². The third kappa shape index (κ3) is 5.74. The maximum atomic E-state index is 2.52. The van der Waals surface area contributed by atoms with Gasteiger partial charge in [0.2, 0.25) is 0 Å². The number of hydrogen-bond donors (Lipinski definition) is 0. The highest BCUT2D eigenvalue weighted by atomic mass is 15.1. The molecule has 2 aliphatic carbocycles. The van der Waals surface area contributed by atoms with Crippen LogP contribution in [0.1, 0.15) is 100 Å². The Balaban J connectivity index is 1.14. The summed E-state index contributed by atoms with van der Waals surface area (Å²) in [5, 5.41) is 5.21. The predicted octanol–water partition coefficient (Wildman–Crippen LogP) is 15.5. The molecular weight excluding hydrogens is 689 g/mol. The van der Waals surface area contributed by atoms with Crippen molar-refractivity contribution in [2.24, 2.45) is 5.92 Å². The van der Waals surface area contributed by atoms with Gasteiger partial charge in [0, 0.05) is 38.6 Å². The predicted molar refractivity (Wildman–Crippen MR) is 244 cm³/mol. The van der Waals surface area contributed by atoms with Crippen molar-refractivity contribution in [1.82, 2.24) is 4.57 Å². The van der Waals surface area contributed by atoms with Crippen LogP contribution >= 0.6 is 0 Å². The van der Waals surface area contributed by atoms with Crippen LogP contribution in [-0.2, 0) is 10.8 Å². The molecule has 284 valence electrons. The Morgan fingerprint density at radius 3 is 1.84 bits per heavy atom. The standard InChI is InChI=1S/C55H54N2/c1-9-12-37-31-45(37)36-17-21-39(22-18-36)56(40-23-19-38(20-24-40)54(4,5)6)41-25-26-44-48(32-41)55(7,8)49-33-52(42-13-10-11-14-43(42)53(44)49)57-50-27-15-34(2)29-46(50)47-30-35(3)16-28-51(47)57/h10-11,13-30,32-33,37,45H,9,12,31H2,1-8H3. The Labute approximate surface area is 338 Å². The fourth-order valence-electron chi connectivity index (χ4n) is 10.2. The maximum Gasteiger partial charge on any atom is 0.0544 e. The molecule has 8 aromatic rings. The summed E-state index contributed by atoms with van der Waals surface area (Å²) in [6.07, 6.45) is 3.94. The first kappa shape index (κ1) is 35.8. The molecule has 2 nitrogen and oxygen atoms in total. The summed E-state index contributed by atoms with van der Waals surface area (Å²) in [5.41, 5.74) is 18.1. The molecule has 1 saturated carbocycles. The van der Waals surface area contributed by atoms with E-state index in [9.17, 15) is 0 Å². The van der Waals surface area contributed by atoms with Gasteiger partial charge in [-0.05, 0) is 143 Å². The van der Waals surface area contributed by atoms with Gasteiger partial charge in [-0.15, -0.1) is 0 Å². The Morgan fingerprint density at radius 2 is 1.23 bits per heavy atom. The number of benzene rings is 7. The van der Waals surface area contributed by atoms with Crippen molar-refractivity contribution in [2.45, 2.75) is 91.4 Å². The van der Waals surface area contributed by atoms with Crippen molar-refractivity contribution < 1.29 is 0 Å². The van der Waals surface area contributed by atoms with Crippen molar-refractivity contribution >= 4 is 49.6 Å². The molecule has 0 spiro atoms. The first-order chi connectivity index (χ1) is 27.4. The summed E-state index contributed by atoms with van der Waals surface area (Å²) < 4.78 is 2.52. The minimum absolute atomic E-state index is 0.0897. The second kappa shape index (κ2) is 13.0. The van der Waals surface area contributed by atoms with E-state index in [0.29, 0.717) is 5.92 Å². The van der Waals surface area contributed by atoms with E-state index in [0.717, 1.165) is 5.92 Å². The number of aromatic nitrogens is 1. The van der Waals surface area contributed by atoms with Crippen LogP contribution in [0, 0.1) is 19.8 Å². The lowest BCUT2D eigenvalue weighted by atomic mass is 9.81. The molecule has 2 aliphatic rings. The zero-order valence-corrected chi connectivity index (χ0v) is 34.9. The molecule has 10 rings (SSSR count). The SMILES string of the molecule is CCCC1CC1c1ccc(N(c2ccc(C(C)(C)C)cc2)c2ccc3c(c2)C(C)(C)c2cc(-n4c5ccc(C)cc5c5cc(C)ccc54)c4ccccc4c2-3)cc1. The molecule has 0 bridgehead atoms. The molecule has 0 radical (unpaired) electrons. The van der Waals surface area contributed by atoms with Crippen LogP contribution in [0.5, 0.6) is 0 Å². The Kier molecular flexibility index (Phi) is 8.14. The normalized spacial score (nSPS) is 17.0. The van der Waals surface area contributed by atoms with Gasteiger partial charge >= 0.3 is 0 Å². The van der Waals surface area contributed by atoms with Gasteiger partial charge in [0.25, 0.3) is 0 Å². The van der Waals surface area contributed by atoms with Crippen LogP contribution in [0.2, 0.25) is 0 Å². The summed E-state index contributed by atoms with van der Waals surface area (Å²) in [6.45, 7) is 18.4. The van der Waals surface area contributed by atoms with E-state index < -0.39 is 0 Å². The van der Waals surface area contributed by atoms with Crippen LogP contribution in [0.3, 0.4) is 0 Å². The molecule has 0 N–H and O–H groups in total. The average molecular weight is 743 g/mol. The number of nitrogens with zero attached hydrogens (tertiary/aromatic N) is 2. The molecule has 0 aliphatic heterocycles. The molecule has 2 heteroatoms. The van der Waals surface area contributed by atoms with Crippen molar-refractivity contribution in [3.8, 4) is 16.8 Å². The molecule has 57 heavy (non-hydrogen) atoms. The zero-order valence-electron chi connectivity index (χ0n) is 34.9. The lowest BCUT2D eigenvalue weighted by Gasteiger charge is -2.29. The fraction of sp³-hybridized carbons (Fsp3) is 0.273. The summed E-state index contributed by atoms with van der Waals surface area (Å²) in [5.74, 6) is 1.57. The molecule has 7 aromatic carbocycles. The van der Waals surface area contributed by atoms with Crippen LogP contribution in [0.15, 0.2) is 133 Å². The molecule has 0 saturated heterocycles. The second-order valence-electron chi connectivity index (χ2n) is 18.7. The largest absolute Gasteiger partial charge is 0.310 e. The number of hydrogen-bond acceptors (Lipinski definition) is 1. The summed E-state index contributed by atoms with van der Waals surface area (Å²) in [4.78, 5) is 2.47. The van der Waals surface area contributed by atoms with Crippen LogP contribution < -0.4 is 4.90 Å². The highest BCUT2D eigenvalue weighted by Crippen LogP contribution is 2.55. The average Bonchev–Trinajstić information content (AvgIpc) is 3.85. The third-order valence-corrected chi connectivity index (χ3v) is 13.4. The van der Waals surface area contributed by atoms with E-state index in [4.69, 9.17) is 0 Å². The molecular formula is C55H54N2. The highest BCUT2D eigenvalue weighted by Gasteiger charge is 2.39. The van der Waals surface area contributed by atoms with Gasteiger partial charge in [0.1, 0.15) is 0 Å². The molecule has 2 atom stereocenters. The van der Waals surface area contributed by atoms with Gasteiger partial charge in [-0.1, -0.05) is 132 Å². The molecule has 0 amide bonds. The van der Waals surface area contributed by atoms with Gasteiger partial charge < -0.3 is 9.47 Å². The molecule has 2 unspecified atom stereocenters. The smallest absolute Gasteiger partial charge is 0.0544 e. The van der Waals surface area contributed by atoms with Gasteiger partial charge in [0.05, 0.1) is 16.7 Å². The number of anilines is 3. The third-order valence-electron chi connectivity index (χ3n) is 13.4. The summed E-state index contributed by atoms with van der Waals surface area (Å²) >= 11 is 0. The van der Waals surface area contributed by atoms with Crippen LogP contribution in [0.25, 0.3) is 49.4 Å². The van der Waals surface area contributed by atoms with E-state index in [1.807, 2.05) is 0 Å². The zero-order chi connectivity index (χ0) is 39.4. The van der Waals surface area contributed by atoms with Crippen LogP contribution in [0.4, 0.5) is 17.1 Å². The summed E-state index contributed by atoms with van der Waals surface area (Å²) in [7, 11) is 0. The van der Waals surface area contributed by atoms with Gasteiger partial charge in [-0.25, -0.2) is 0 Å². The molecule has 1 fully saturated rings. The maximum absolute atomic E-state index is 2.52. The van der Waals surface area contributed by atoms with Crippen LogP contribution in [-0.4, -0.2) is 4.57 Å². The Morgan fingerprint density at radius 1 is 0.632 bits per heavy atom. The molecule has 1 aromatic heterocycles. The van der Waals surface area contributed by atoms with E-state index >= 15 is 0 Å². The fourth-order valence-corrected chi connectivity index (χ4v) is 10.2. The van der Waals surface area contributed by atoms with Crippen molar-refractivity contribution in [3.63, 3.8) is 0 Å². The minimum Gasteiger partial charge on any atom is -0.310 e. The Bertz CT molecular complexity index is 2800. The Hall–Kier alpha value is -5.60. The van der Waals surface area contributed by atoms with Crippen molar-refractivity contribution in [1.29, 1.82) is 0 Å². The van der Waals surface area contributed by atoms with E-state index in [2.05, 4.69) is 198 Å². The first-order valence-electron chi connectivity index (χ1n) is 21.2. The van der Waals surface area contributed by atoms with E-state index in [1.54, 1.807) is 0 Å². The monoisotopic (exact) mass is 742 g/mol. The quantitative estimate of drug-likeness (QED) is 0.158. The second-order valence-corrected chi connectivity index (χ2v) is 18.7. The van der Waals surface area contributed by atoms with Gasteiger partial charge in [-0.3, -0.25) is 0 Å². The minimum atomic E-state index is -0.225. The van der Waals surface area contributed by atoms with E-state index in [-0.39, 0.29) is 10.8 Å². The number of fused-ring (bicyclic) bond motifs is 8. The lowest BCUT2D eigenvalue weighted by Crippen LogP contribution is -2.17. The highest BCUT2D eigenvalue weighted by molar-refractivity contribution is 6.13. The lowest BCUT2D eigenvalue weighted by molar-refractivity contribution is 0.590. The van der Waals surface area contributed by atoms with Crippen molar-refractivity contribution in [2.75, 3.05) is 4.90 Å². The number of aryl methyl sites for hydroxylation is 2. The van der Waals surface area contributed by atoms with Crippen molar-refractivity contribution in [3.05, 3.63) is 167 Å². The molecule has 1 heterocycles. The van der Waals surface area contributed by atoms with Gasteiger partial charge in [-0.2, -0.15) is 0 Å². The first-order valence-corrected chi connectivity index (χ1v) is 21.2. The van der Waals surface area contributed by atoms with Gasteiger partial charge in [0.15, 0.2) is 0 Å². The number of rotatable bonds is 7. The topological polar surface area (TPSA) is 8.17 Å².